The summed E-state index contributed by atoms with van der Waals surface area (Å²) in [6.07, 6.45) is -10.7. The number of imide groups is 1. The first-order valence-corrected chi connectivity index (χ1v) is 12.3. The average Bonchev–Trinajstić information content (AvgIpc) is 3.20. The smallest absolute Gasteiger partial charge is 0.368 e. The standard InChI is InChI=1S/C25H13F17N2O4/c26-18(27,19(28,29)20(30,31)21(32,33)22(34,35)23(36,37)24(38,39)25(40,41)42)8-9-43-15(45)11-6-7-13-14(10-11)17(47)44(16(13)46)48-12-4-2-1-3-5-12/h1-7,10H,8-9H2,(H,43,45). The van der Waals surface area contributed by atoms with Crippen molar-refractivity contribution in [2.75, 3.05) is 6.54 Å². The molecule has 0 spiro atoms. The Morgan fingerprint density at radius 1 is 0.604 bits per heavy atom. The van der Waals surface area contributed by atoms with Crippen LogP contribution >= 0.6 is 0 Å². The van der Waals surface area contributed by atoms with E-state index in [9.17, 15) is 89.0 Å². The number of halogens is 17. The van der Waals surface area contributed by atoms with Gasteiger partial charge in [0.2, 0.25) is 0 Å². The highest BCUT2D eigenvalue weighted by atomic mass is 19.4. The summed E-state index contributed by atoms with van der Waals surface area (Å²) in [5.74, 6) is -61.2. The van der Waals surface area contributed by atoms with Crippen molar-refractivity contribution < 1.29 is 93.9 Å². The van der Waals surface area contributed by atoms with E-state index in [-0.39, 0.29) is 16.4 Å². The fourth-order valence-corrected chi connectivity index (χ4v) is 3.82. The van der Waals surface area contributed by atoms with Crippen LogP contribution in [0.5, 0.6) is 5.75 Å². The normalized spacial score (nSPS) is 15.5. The minimum atomic E-state index is -8.75. The molecule has 2 aromatic carbocycles. The van der Waals surface area contributed by atoms with Crippen LogP contribution in [-0.4, -0.2) is 77.0 Å². The molecule has 0 fully saturated rings. The molecule has 0 radical (unpaired) electrons. The predicted octanol–water partition coefficient (Wildman–Crippen LogP) is 7.41. The van der Waals surface area contributed by atoms with Gasteiger partial charge < -0.3 is 10.2 Å². The summed E-state index contributed by atoms with van der Waals surface area (Å²) in [5.41, 5.74) is -1.63. The Hall–Kier alpha value is -4.34. The lowest BCUT2D eigenvalue weighted by Crippen LogP contribution is -2.74. The molecular weight excluding hydrogens is 715 g/mol. The summed E-state index contributed by atoms with van der Waals surface area (Å²) in [7, 11) is 0. The first-order chi connectivity index (χ1) is 21.5. The van der Waals surface area contributed by atoms with Crippen molar-refractivity contribution in [3.63, 3.8) is 0 Å². The van der Waals surface area contributed by atoms with Crippen molar-refractivity contribution in [3.8, 4) is 5.75 Å². The first kappa shape index (κ1) is 38.1. The van der Waals surface area contributed by atoms with E-state index in [2.05, 4.69) is 0 Å². The number of hydrogen-bond donors (Lipinski definition) is 1. The van der Waals surface area contributed by atoms with Gasteiger partial charge in [-0.15, -0.1) is 0 Å². The number of fused-ring (bicyclic) bond motifs is 1. The van der Waals surface area contributed by atoms with E-state index < -0.39 is 89.4 Å². The zero-order chi connectivity index (χ0) is 37.1. The van der Waals surface area contributed by atoms with Gasteiger partial charge in [0.1, 0.15) is 0 Å². The minimum Gasteiger partial charge on any atom is -0.368 e. The number of hydrogen-bond acceptors (Lipinski definition) is 4. The number of carbonyl (C=O) groups excluding carboxylic acids is 3. The molecule has 23 heteroatoms. The van der Waals surface area contributed by atoms with Gasteiger partial charge in [-0.3, -0.25) is 14.4 Å². The van der Waals surface area contributed by atoms with E-state index in [0.717, 1.165) is 12.1 Å². The van der Waals surface area contributed by atoms with Gasteiger partial charge in [-0.05, 0) is 30.3 Å². The Kier molecular flexibility index (Phi) is 9.26. The quantitative estimate of drug-likeness (QED) is 0.183. The summed E-state index contributed by atoms with van der Waals surface area (Å²) < 4.78 is 228. The van der Waals surface area contributed by atoms with Gasteiger partial charge in [0, 0.05) is 18.5 Å². The second-order valence-electron chi connectivity index (χ2n) is 9.72. The molecule has 0 saturated carbocycles. The molecule has 0 aliphatic carbocycles. The highest BCUT2D eigenvalue weighted by Gasteiger charge is 2.95. The van der Waals surface area contributed by atoms with E-state index in [1.807, 2.05) is 0 Å². The number of rotatable bonds is 12. The third-order valence-corrected chi connectivity index (χ3v) is 6.56. The summed E-state index contributed by atoms with van der Waals surface area (Å²) in [4.78, 5) is 42.5. The maximum atomic E-state index is 14.1. The number of amides is 3. The van der Waals surface area contributed by atoms with Crippen LogP contribution in [0.15, 0.2) is 48.5 Å². The maximum Gasteiger partial charge on any atom is 0.460 e. The summed E-state index contributed by atoms with van der Waals surface area (Å²) >= 11 is 0. The van der Waals surface area contributed by atoms with Gasteiger partial charge in [-0.2, -0.15) is 74.6 Å². The van der Waals surface area contributed by atoms with Crippen molar-refractivity contribution >= 4 is 17.7 Å². The molecular formula is C25H13F17N2O4. The lowest BCUT2D eigenvalue weighted by molar-refractivity contribution is -0.461. The fraction of sp³-hybridized carbons (Fsp3) is 0.400. The number of benzene rings is 2. The summed E-state index contributed by atoms with van der Waals surface area (Å²) in [6.45, 7) is -1.94. The van der Waals surface area contributed by atoms with Crippen molar-refractivity contribution in [2.24, 2.45) is 0 Å². The molecule has 0 aromatic heterocycles. The highest BCUT2D eigenvalue weighted by molar-refractivity contribution is 6.21. The molecule has 3 rings (SSSR count). The van der Waals surface area contributed by atoms with Crippen molar-refractivity contribution in [1.29, 1.82) is 0 Å². The van der Waals surface area contributed by atoms with Crippen molar-refractivity contribution in [2.45, 2.75) is 54.1 Å². The molecule has 1 heterocycles. The molecule has 0 atom stereocenters. The fourth-order valence-electron chi connectivity index (χ4n) is 3.82. The Bertz CT molecular complexity index is 1580. The SMILES string of the molecule is O=C(NCCC(F)(F)C(F)(F)C(F)(F)C(F)(F)C(F)(F)C(F)(F)C(F)(F)C(F)(F)F)c1ccc2c(c1)C(=O)N(Oc1ccccc1)C2=O. The zero-order valence-corrected chi connectivity index (χ0v) is 22.5. The van der Waals surface area contributed by atoms with E-state index >= 15 is 0 Å². The number of alkyl halides is 17. The van der Waals surface area contributed by atoms with Gasteiger partial charge in [-0.1, -0.05) is 23.3 Å². The van der Waals surface area contributed by atoms with Gasteiger partial charge in [-0.25, -0.2) is 0 Å². The van der Waals surface area contributed by atoms with Crippen LogP contribution in [0.25, 0.3) is 0 Å². The lowest BCUT2D eigenvalue weighted by atomic mass is 9.88. The molecule has 2 aromatic rings. The zero-order valence-electron chi connectivity index (χ0n) is 22.5. The second-order valence-corrected chi connectivity index (χ2v) is 9.72. The van der Waals surface area contributed by atoms with Crippen molar-refractivity contribution in [1.82, 2.24) is 10.4 Å². The minimum absolute atomic E-state index is 0.0114. The number of carbonyl (C=O) groups is 3. The van der Waals surface area contributed by atoms with E-state index in [4.69, 9.17) is 4.84 Å². The van der Waals surface area contributed by atoms with Crippen LogP contribution in [0.1, 0.15) is 37.5 Å². The van der Waals surface area contributed by atoms with Crippen LogP contribution in [0.3, 0.4) is 0 Å². The van der Waals surface area contributed by atoms with E-state index in [1.165, 1.54) is 29.6 Å². The highest BCUT2D eigenvalue weighted by Crippen LogP contribution is 2.64. The molecule has 266 valence electrons. The molecule has 0 unspecified atom stereocenters. The van der Waals surface area contributed by atoms with Crippen LogP contribution in [0.2, 0.25) is 0 Å². The third kappa shape index (κ3) is 5.62. The van der Waals surface area contributed by atoms with Crippen LogP contribution in [-0.2, 0) is 0 Å². The maximum absolute atomic E-state index is 14.1. The average molecular weight is 728 g/mol. The lowest BCUT2D eigenvalue weighted by Gasteiger charge is -2.42. The molecule has 3 amide bonds. The number of hydroxylamine groups is 2. The second kappa shape index (κ2) is 11.7. The monoisotopic (exact) mass is 728 g/mol. The van der Waals surface area contributed by atoms with Crippen molar-refractivity contribution in [3.05, 3.63) is 65.2 Å². The van der Waals surface area contributed by atoms with Gasteiger partial charge in [0.15, 0.2) is 5.75 Å². The Labute approximate surface area is 254 Å². The number of nitrogens with zero attached hydrogens (tertiary/aromatic N) is 1. The molecule has 1 aliphatic heterocycles. The molecule has 6 nitrogen and oxygen atoms in total. The van der Waals surface area contributed by atoms with Gasteiger partial charge in [0.25, 0.3) is 17.7 Å². The Morgan fingerprint density at radius 2 is 1.06 bits per heavy atom. The number of para-hydroxylation sites is 1. The van der Waals surface area contributed by atoms with Gasteiger partial charge >= 0.3 is 47.6 Å². The molecule has 0 bridgehead atoms. The molecule has 0 saturated heterocycles. The largest absolute Gasteiger partial charge is 0.460 e. The molecule has 48 heavy (non-hydrogen) atoms. The molecule has 1 aliphatic rings. The molecule has 1 N–H and O–H groups in total. The Morgan fingerprint density at radius 3 is 1.56 bits per heavy atom. The van der Waals surface area contributed by atoms with E-state index in [1.54, 1.807) is 6.07 Å². The van der Waals surface area contributed by atoms with Crippen LogP contribution in [0, 0.1) is 0 Å². The van der Waals surface area contributed by atoms with Crippen LogP contribution in [0.4, 0.5) is 74.6 Å². The van der Waals surface area contributed by atoms with Gasteiger partial charge in [0.05, 0.1) is 11.1 Å². The van der Waals surface area contributed by atoms with E-state index in [0.29, 0.717) is 6.07 Å². The third-order valence-electron chi connectivity index (χ3n) is 6.56. The Balaban J connectivity index is 1.78. The summed E-state index contributed by atoms with van der Waals surface area (Å²) in [6, 6.07) is 9.31. The number of nitrogens with one attached hydrogen (secondary N) is 1. The van der Waals surface area contributed by atoms with Crippen LogP contribution < -0.4 is 10.2 Å². The topological polar surface area (TPSA) is 75.7 Å². The summed E-state index contributed by atoms with van der Waals surface area (Å²) in [5, 5.41) is 1.60. The first-order valence-electron chi connectivity index (χ1n) is 12.3. The predicted molar refractivity (Wildman–Crippen MR) is 122 cm³/mol.